The molecule has 0 spiro atoms. The van der Waals surface area contributed by atoms with Gasteiger partial charge in [0.15, 0.2) is 0 Å². The maximum absolute atomic E-state index is 12.4. The number of rotatable bonds is 3. The molecule has 1 fully saturated rings. The lowest BCUT2D eigenvalue weighted by Gasteiger charge is -2.31. The minimum absolute atomic E-state index is 0.0431. The van der Waals surface area contributed by atoms with Gasteiger partial charge in [0.25, 0.3) is 5.91 Å². The number of benzene rings is 1. The molecule has 104 valence electrons. The maximum atomic E-state index is 12.4. The largest absolute Gasteiger partial charge is 0.348 e. The van der Waals surface area contributed by atoms with Crippen molar-refractivity contribution in [3.63, 3.8) is 0 Å². The van der Waals surface area contributed by atoms with Crippen molar-refractivity contribution in [2.75, 3.05) is 6.26 Å². The minimum atomic E-state index is 0.0431. The Kier molecular flexibility index (Phi) is 5.34. The summed E-state index contributed by atoms with van der Waals surface area (Å²) >= 11 is 5.33. The van der Waals surface area contributed by atoms with Crippen LogP contribution in [0.2, 0.25) is 0 Å². The van der Waals surface area contributed by atoms with Gasteiger partial charge in [0.05, 0.1) is 5.56 Å². The predicted molar refractivity (Wildman–Crippen MR) is 85.9 cm³/mol. The smallest absolute Gasteiger partial charge is 0.252 e. The number of nitrogens with one attached hydrogen (secondary N) is 1. The van der Waals surface area contributed by atoms with E-state index in [4.69, 9.17) is 0 Å². The highest BCUT2D eigenvalue weighted by atomic mass is 79.9. The maximum Gasteiger partial charge on any atom is 0.252 e. The number of halogens is 1. The summed E-state index contributed by atoms with van der Waals surface area (Å²) in [5, 5.41) is 3.77. The molecule has 1 saturated carbocycles. The van der Waals surface area contributed by atoms with E-state index < -0.39 is 0 Å². The first-order valence-electron chi connectivity index (χ1n) is 6.71. The summed E-state index contributed by atoms with van der Waals surface area (Å²) in [7, 11) is 0. The quantitative estimate of drug-likeness (QED) is 0.894. The lowest BCUT2D eigenvalue weighted by Crippen LogP contribution is -2.43. The molecule has 0 aromatic heterocycles. The summed E-state index contributed by atoms with van der Waals surface area (Å²) in [6, 6.07) is 6.20. The minimum Gasteiger partial charge on any atom is -0.348 e. The van der Waals surface area contributed by atoms with Crippen molar-refractivity contribution >= 4 is 33.6 Å². The summed E-state index contributed by atoms with van der Waals surface area (Å²) < 4.78 is 0.868. The molecule has 1 aromatic rings. The third kappa shape index (κ3) is 3.76. The summed E-state index contributed by atoms with van der Waals surface area (Å²) in [6.45, 7) is 2.01. The second kappa shape index (κ2) is 6.80. The van der Waals surface area contributed by atoms with E-state index >= 15 is 0 Å². The molecule has 0 aliphatic heterocycles. The molecule has 0 saturated heterocycles. The molecule has 1 N–H and O–H groups in total. The molecule has 1 aromatic carbocycles. The van der Waals surface area contributed by atoms with Crippen molar-refractivity contribution in [2.45, 2.75) is 43.9 Å². The van der Waals surface area contributed by atoms with Crippen LogP contribution in [-0.4, -0.2) is 23.5 Å². The monoisotopic (exact) mass is 341 g/mol. The Morgan fingerprint density at radius 1 is 1.37 bits per heavy atom. The number of hydrogen-bond acceptors (Lipinski definition) is 2. The zero-order valence-corrected chi connectivity index (χ0v) is 13.8. The molecule has 1 aliphatic rings. The molecule has 2 atom stereocenters. The van der Waals surface area contributed by atoms with Crippen molar-refractivity contribution in [1.82, 2.24) is 5.32 Å². The average molecular weight is 342 g/mol. The Labute approximate surface area is 127 Å². The Balaban J connectivity index is 2.09. The van der Waals surface area contributed by atoms with Gasteiger partial charge in [0.2, 0.25) is 0 Å². The van der Waals surface area contributed by atoms with Crippen LogP contribution in [0.5, 0.6) is 0 Å². The normalized spacial score (nSPS) is 23.1. The van der Waals surface area contributed by atoms with Gasteiger partial charge in [-0.1, -0.05) is 24.5 Å². The fourth-order valence-electron chi connectivity index (χ4n) is 2.60. The van der Waals surface area contributed by atoms with E-state index in [0.717, 1.165) is 22.0 Å². The number of thioether (sulfide) groups is 1. The second-order valence-electron chi connectivity index (χ2n) is 5.12. The molecule has 4 heteroatoms. The van der Waals surface area contributed by atoms with Crippen LogP contribution < -0.4 is 5.32 Å². The summed E-state index contributed by atoms with van der Waals surface area (Å²) in [5.41, 5.74) is 1.85. The molecule has 1 amide bonds. The lowest BCUT2D eigenvalue weighted by molar-refractivity contribution is 0.0928. The van der Waals surface area contributed by atoms with Gasteiger partial charge in [-0.25, -0.2) is 0 Å². The first kappa shape index (κ1) is 14.9. The molecule has 19 heavy (non-hydrogen) atoms. The highest BCUT2D eigenvalue weighted by Gasteiger charge is 2.26. The summed E-state index contributed by atoms with van der Waals surface area (Å²) in [5.74, 6) is 0.0431. The topological polar surface area (TPSA) is 29.1 Å². The second-order valence-corrected chi connectivity index (χ2v) is 7.05. The van der Waals surface area contributed by atoms with E-state index in [2.05, 4.69) is 27.5 Å². The van der Waals surface area contributed by atoms with Crippen LogP contribution in [0.1, 0.15) is 41.6 Å². The van der Waals surface area contributed by atoms with E-state index in [1.807, 2.05) is 36.9 Å². The number of amides is 1. The van der Waals surface area contributed by atoms with E-state index in [-0.39, 0.29) is 5.91 Å². The number of hydrogen-bond donors (Lipinski definition) is 1. The zero-order valence-electron chi connectivity index (χ0n) is 11.4. The molecule has 0 radical (unpaired) electrons. The molecule has 2 rings (SSSR count). The van der Waals surface area contributed by atoms with Gasteiger partial charge < -0.3 is 5.32 Å². The lowest BCUT2D eigenvalue weighted by atomic mass is 9.94. The highest BCUT2D eigenvalue weighted by Crippen LogP contribution is 2.28. The molecular formula is C15H20BrNOS. The van der Waals surface area contributed by atoms with Crippen molar-refractivity contribution in [3.05, 3.63) is 33.8 Å². The standard InChI is InChI=1S/C15H20BrNOS/c1-10-7-8-12(16)11(9-10)15(18)17-13-5-3-4-6-14(13)19-2/h7-9,13-14H,3-6H2,1-2H3,(H,17,18). The van der Waals surface area contributed by atoms with E-state index in [1.165, 1.54) is 19.3 Å². The van der Waals surface area contributed by atoms with Crippen molar-refractivity contribution in [2.24, 2.45) is 0 Å². The van der Waals surface area contributed by atoms with Crippen LogP contribution >= 0.6 is 27.7 Å². The Morgan fingerprint density at radius 2 is 2.11 bits per heavy atom. The number of carbonyl (C=O) groups is 1. The summed E-state index contributed by atoms with van der Waals surface area (Å²) in [6.07, 6.45) is 6.95. The molecule has 1 aliphatic carbocycles. The van der Waals surface area contributed by atoms with Crippen LogP contribution in [-0.2, 0) is 0 Å². The van der Waals surface area contributed by atoms with Crippen molar-refractivity contribution < 1.29 is 4.79 Å². The van der Waals surface area contributed by atoms with Crippen molar-refractivity contribution in [1.29, 1.82) is 0 Å². The van der Waals surface area contributed by atoms with Crippen LogP contribution in [0.3, 0.4) is 0 Å². The van der Waals surface area contributed by atoms with Gasteiger partial charge in [0, 0.05) is 15.8 Å². The third-order valence-corrected chi connectivity index (χ3v) is 5.55. The van der Waals surface area contributed by atoms with Crippen LogP contribution in [0.4, 0.5) is 0 Å². The highest BCUT2D eigenvalue weighted by molar-refractivity contribution is 9.10. The van der Waals surface area contributed by atoms with Gasteiger partial charge in [-0.15, -0.1) is 0 Å². The van der Waals surface area contributed by atoms with Gasteiger partial charge in [-0.05, 0) is 54.1 Å². The summed E-state index contributed by atoms with van der Waals surface area (Å²) in [4.78, 5) is 12.4. The van der Waals surface area contributed by atoms with Crippen LogP contribution in [0, 0.1) is 6.92 Å². The fourth-order valence-corrected chi connectivity index (χ4v) is 3.97. The molecule has 0 bridgehead atoms. The Morgan fingerprint density at radius 3 is 2.84 bits per heavy atom. The van der Waals surface area contributed by atoms with Gasteiger partial charge in [-0.3, -0.25) is 4.79 Å². The predicted octanol–water partition coefficient (Wildman–Crippen LogP) is 4.16. The van der Waals surface area contributed by atoms with Crippen LogP contribution in [0.25, 0.3) is 0 Å². The number of carbonyl (C=O) groups excluding carboxylic acids is 1. The third-order valence-electron chi connectivity index (χ3n) is 3.69. The van der Waals surface area contributed by atoms with E-state index in [1.54, 1.807) is 0 Å². The van der Waals surface area contributed by atoms with E-state index in [0.29, 0.717) is 11.3 Å². The zero-order chi connectivity index (χ0) is 13.8. The Hall–Kier alpha value is -0.480. The first-order chi connectivity index (χ1) is 9.11. The molecule has 2 unspecified atom stereocenters. The van der Waals surface area contributed by atoms with Crippen LogP contribution in [0.15, 0.2) is 22.7 Å². The average Bonchev–Trinajstić information content (AvgIpc) is 2.42. The molecule has 2 nitrogen and oxygen atoms in total. The molecular weight excluding hydrogens is 322 g/mol. The van der Waals surface area contributed by atoms with Gasteiger partial charge in [0.1, 0.15) is 0 Å². The fraction of sp³-hybridized carbons (Fsp3) is 0.533. The van der Waals surface area contributed by atoms with Crippen molar-refractivity contribution in [3.8, 4) is 0 Å². The van der Waals surface area contributed by atoms with E-state index in [9.17, 15) is 4.79 Å². The molecule has 0 heterocycles. The SMILES string of the molecule is CSC1CCCCC1NC(=O)c1cc(C)ccc1Br. The van der Waals surface area contributed by atoms with Gasteiger partial charge in [-0.2, -0.15) is 11.8 Å². The Bertz CT molecular complexity index is 463. The van der Waals surface area contributed by atoms with Gasteiger partial charge >= 0.3 is 0 Å². The number of aryl methyl sites for hydroxylation is 1. The first-order valence-corrected chi connectivity index (χ1v) is 8.79.